The first kappa shape index (κ1) is 21.6. The van der Waals surface area contributed by atoms with Crippen LogP contribution in [0.5, 0.6) is 5.75 Å². The number of halogens is 2. The minimum atomic E-state index is -0.304. The van der Waals surface area contributed by atoms with Gasteiger partial charge in [0.25, 0.3) is 5.56 Å². The molecule has 1 N–H and O–H groups in total. The molecule has 0 saturated carbocycles. The molecule has 0 amide bonds. The molecule has 6 rings (SSSR count). The van der Waals surface area contributed by atoms with Gasteiger partial charge in [-0.25, -0.2) is 4.99 Å². The second-order valence-corrected chi connectivity index (χ2v) is 10.6. The summed E-state index contributed by atoms with van der Waals surface area (Å²) in [6.07, 6.45) is 3.56. The van der Waals surface area contributed by atoms with Crippen molar-refractivity contribution in [3.05, 3.63) is 124 Å². The SMILES string of the molecule is O=c1/c(=C/c2ccc(O)c(Br)c2)sc2n1C(c1ccccc1Cl)C1=C(N=2)c2ccccc2CC1. The molecule has 4 nitrogen and oxygen atoms in total. The van der Waals surface area contributed by atoms with Crippen LogP contribution < -0.4 is 14.9 Å². The lowest BCUT2D eigenvalue weighted by Gasteiger charge is -2.31. The molecular weight excluding hydrogens is 532 g/mol. The molecular formula is C27H18BrClN2O2S. The van der Waals surface area contributed by atoms with Crippen molar-refractivity contribution in [1.29, 1.82) is 0 Å². The zero-order chi connectivity index (χ0) is 23.4. The molecule has 1 unspecified atom stereocenters. The Morgan fingerprint density at radius 1 is 1.09 bits per heavy atom. The van der Waals surface area contributed by atoms with Gasteiger partial charge in [0, 0.05) is 10.6 Å². The molecule has 0 spiro atoms. The average molecular weight is 550 g/mol. The molecule has 1 atom stereocenters. The number of thiazole rings is 1. The van der Waals surface area contributed by atoms with Gasteiger partial charge in [-0.15, -0.1) is 0 Å². The molecule has 0 radical (unpaired) electrons. The lowest BCUT2D eigenvalue weighted by Crippen LogP contribution is -2.38. The molecule has 7 heteroatoms. The second-order valence-electron chi connectivity index (χ2n) is 8.35. The molecule has 2 aliphatic rings. The number of hydrogen-bond donors (Lipinski definition) is 1. The van der Waals surface area contributed by atoms with Crippen molar-refractivity contribution in [3.63, 3.8) is 0 Å². The minimum Gasteiger partial charge on any atom is -0.507 e. The van der Waals surface area contributed by atoms with Gasteiger partial charge in [-0.1, -0.05) is 71.5 Å². The Balaban J connectivity index is 1.64. The highest BCUT2D eigenvalue weighted by Crippen LogP contribution is 2.42. The number of nitrogens with zero attached hydrogens (tertiary/aromatic N) is 2. The molecule has 3 aromatic carbocycles. The monoisotopic (exact) mass is 548 g/mol. The number of hydrogen-bond acceptors (Lipinski definition) is 4. The van der Waals surface area contributed by atoms with E-state index in [-0.39, 0.29) is 17.4 Å². The quantitative estimate of drug-likeness (QED) is 0.362. The Bertz CT molecular complexity index is 1690. The molecule has 0 saturated heterocycles. The van der Waals surface area contributed by atoms with Crippen molar-refractivity contribution in [2.45, 2.75) is 18.9 Å². The number of rotatable bonds is 2. The summed E-state index contributed by atoms with van der Waals surface area (Å²) in [5, 5.41) is 10.5. The van der Waals surface area contributed by atoms with E-state index in [1.807, 2.05) is 36.4 Å². The lowest BCUT2D eigenvalue weighted by atomic mass is 9.83. The normalized spacial score (nSPS) is 17.1. The minimum absolute atomic E-state index is 0.0942. The van der Waals surface area contributed by atoms with Crippen LogP contribution in [0.1, 0.15) is 34.7 Å². The standard InChI is InChI=1S/C27H18BrClN2O2S/c28-20-13-15(9-12-22(20)32)14-23-26(33)31-25(18-7-3-4-8-21(18)29)19-11-10-16-5-1-2-6-17(16)24(19)30-27(31)34-23/h1-9,12-14,25,32H,10-11H2/b23-14-. The predicted molar refractivity (Wildman–Crippen MR) is 140 cm³/mol. The summed E-state index contributed by atoms with van der Waals surface area (Å²) in [7, 11) is 0. The summed E-state index contributed by atoms with van der Waals surface area (Å²) in [5.74, 6) is 0.156. The lowest BCUT2D eigenvalue weighted by molar-refractivity contribution is 0.472. The maximum Gasteiger partial charge on any atom is 0.271 e. The summed E-state index contributed by atoms with van der Waals surface area (Å²) in [6, 6.07) is 21.0. The van der Waals surface area contributed by atoms with E-state index in [9.17, 15) is 9.90 Å². The van der Waals surface area contributed by atoms with Crippen LogP contribution in [0.4, 0.5) is 0 Å². The van der Waals surface area contributed by atoms with E-state index in [1.54, 1.807) is 22.8 Å². The number of aromatic nitrogens is 1. The average Bonchev–Trinajstić information content (AvgIpc) is 3.15. The zero-order valence-corrected chi connectivity index (χ0v) is 21.0. The van der Waals surface area contributed by atoms with E-state index in [4.69, 9.17) is 16.6 Å². The molecule has 2 heterocycles. The van der Waals surface area contributed by atoms with E-state index in [0.717, 1.165) is 40.8 Å². The third-order valence-electron chi connectivity index (χ3n) is 6.34. The van der Waals surface area contributed by atoms with Crippen molar-refractivity contribution in [1.82, 2.24) is 4.57 Å². The van der Waals surface area contributed by atoms with Gasteiger partial charge in [0.15, 0.2) is 4.80 Å². The van der Waals surface area contributed by atoms with Crippen LogP contribution in [0.2, 0.25) is 5.02 Å². The fourth-order valence-corrected chi connectivity index (χ4v) is 6.40. The third-order valence-corrected chi connectivity index (χ3v) is 8.30. The van der Waals surface area contributed by atoms with Crippen LogP contribution >= 0.6 is 38.9 Å². The van der Waals surface area contributed by atoms with E-state index in [2.05, 4.69) is 34.1 Å². The summed E-state index contributed by atoms with van der Waals surface area (Å²) >= 11 is 11.4. The van der Waals surface area contributed by atoms with Crippen LogP contribution in [-0.4, -0.2) is 9.67 Å². The largest absolute Gasteiger partial charge is 0.507 e. The van der Waals surface area contributed by atoms with Gasteiger partial charge in [-0.05, 0) is 75.3 Å². The number of fused-ring (bicyclic) bond motifs is 3. The smallest absolute Gasteiger partial charge is 0.271 e. The topological polar surface area (TPSA) is 54.6 Å². The summed E-state index contributed by atoms with van der Waals surface area (Å²) in [4.78, 5) is 19.4. The first-order chi connectivity index (χ1) is 16.5. The van der Waals surface area contributed by atoms with Gasteiger partial charge in [0.2, 0.25) is 0 Å². The summed E-state index contributed by atoms with van der Waals surface area (Å²) < 4.78 is 2.96. The molecule has 0 bridgehead atoms. The Kier molecular flexibility index (Phi) is 5.32. The number of phenolic OH excluding ortho intramolecular Hbond substituents is 1. The number of benzene rings is 3. The molecule has 4 aromatic rings. The predicted octanol–water partition coefficient (Wildman–Crippen LogP) is 5.44. The van der Waals surface area contributed by atoms with Crippen molar-refractivity contribution in [2.24, 2.45) is 4.99 Å². The van der Waals surface area contributed by atoms with Crippen molar-refractivity contribution < 1.29 is 5.11 Å². The van der Waals surface area contributed by atoms with Gasteiger partial charge in [-0.3, -0.25) is 9.36 Å². The molecule has 1 aliphatic carbocycles. The zero-order valence-electron chi connectivity index (χ0n) is 17.8. The molecule has 1 aromatic heterocycles. The van der Waals surface area contributed by atoms with Crippen LogP contribution in [0.25, 0.3) is 11.8 Å². The van der Waals surface area contributed by atoms with E-state index < -0.39 is 0 Å². The highest BCUT2D eigenvalue weighted by Gasteiger charge is 2.33. The van der Waals surface area contributed by atoms with Crippen molar-refractivity contribution in [3.8, 4) is 5.75 Å². The molecule has 168 valence electrons. The Hall–Kier alpha value is -2.93. The van der Waals surface area contributed by atoms with Crippen molar-refractivity contribution >= 4 is 50.6 Å². The first-order valence-corrected chi connectivity index (χ1v) is 12.9. The highest BCUT2D eigenvalue weighted by molar-refractivity contribution is 9.10. The van der Waals surface area contributed by atoms with E-state index >= 15 is 0 Å². The molecule has 1 aliphatic heterocycles. The van der Waals surface area contributed by atoms with Crippen LogP contribution in [0.3, 0.4) is 0 Å². The Morgan fingerprint density at radius 2 is 1.88 bits per heavy atom. The second kappa shape index (κ2) is 8.38. The van der Waals surface area contributed by atoms with E-state index in [0.29, 0.717) is 18.8 Å². The van der Waals surface area contributed by atoms with Crippen LogP contribution in [0, 0.1) is 0 Å². The number of aromatic hydroxyl groups is 1. The van der Waals surface area contributed by atoms with Gasteiger partial charge < -0.3 is 5.11 Å². The fourth-order valence-electron chi connectivity index (χ4n) is 4.76. The van der Waals surface area contributed by atoms with E-state index in [1.165, 1.54) is 16.9 Å². The van der Waals surface area contributed by atoms with Gasteiger partial charge in [0.1, 0.15) is 5.75 Å². The fraction of sp³-hybridized carbons (Fsp3) is 0.111. The Labute approximate surface area is 212 Å². The van der Waals surface area contributed by atoms with Gasteiger partial charge in [0.05, 0.1) is 20.7 Å². The maximum atomic E-state index is 13.7. The summed E-state index contributed by atoms with van der Waals surface area (Å²) in [6.45, 7) is 0. The van der Waals surface area contributed by atoms with Crippen LogP contribution in [0.15, 0.2) is 86.6 Å². The van der Waals surface area contributed by atoms with Crippen molar-refractivity contribution in [2.75, 3.05) is 0 Å². The number of phenols is 1. The molecule has 0 fully saturated rings. The first-order valence-electron chi connectivity index (χ1n) is 10.9. The van der Waals surface area contributed by atoms with Gasteiger partial charge in [-0.2, -0.15) is 0 Å². The number of aryl methyl sites for hydroxylation is 1. The van der Waals surface area contributed by atoms with Crippen LogP contribution in [-0.2, 0) is 6.42 Å². The molecule has 34 heavy (non-hydrogen) atoms. The third kappa shape index (κ3) is 3.49. The number of allylic oxidation sites excluding steroid dienone is 1. The summed E-state index contributed by atoms with van der Waals surface area (Å²) in [5.41, 5.74) is 6.11. The highest BCUT2D eigenvalue weighted by atomic mass is 79.9. The van der Waals surface area contributed by atoms with Gasteiger partial charge >= 0.3 is 0 Å². The Morgan fingerprint density at radius 3 is 2.71 bits per heavy atom. The maximum absolute atomic E-state index is 13.7.